The molecule has 0 atom stereocenters. The van der Waals surface area contributed by atoms with Gasteiger partial charge in [0.05, 0.1) is 5.52 Å². The highest BCUT2D eigenvalue weighted by molar-refractivity contribution is 6.10. The molecule has 0 fully saturated rings. The Bertz CT molecular complexity index is 590. The van der Waals surface area contributed by atoms with Crippen LogP contribution in [0.1, 0.15) is 15.9 Å². The molecule has 0 N–H and O–H groups in total. The topological polar surface area (TPSA) is 30.0 Å². The van der Waals surface area contributed by atoms with Crippen LogP contribution in [0.15, 0.2) is 30.5 Å². The maximum Gasteiger partial charge on any atom is 0.454 e. The third-order valence-electron chi connectivity index (χ3n) is 2.47. The fourth-order valence-electron chi connectivity index (χ4n) is 1.66. The monoisotopic (exact) mass is 239 g/mol. The number of fused-ring (bicyclic) bond motifs is 1. The maximum absolute atomic E-state index is 12.4. The van der Waals surface area contributed by atoms with Gasteiger partial charge in [0.2, 0.25) is 0 Å². The third kappa shape index (κ3) is 2.00. The Labute approximate surface area is 95.1 Å². The van der Waals surface area contributed by atoms with Gasteiger partial charge in [-0.05, 0) is 18.6 Å². The van der Waals surface area contributed by atoms with Crippen LogP contribution in [0.3, 0.4) is 0 Å². The predicted molar refractivity (Wildman–Crippen MR) is 56.9 cm³/mol. The fourth-order valence-corrected chi connectivity index (χ4v) is 1.66. The average Bonchev–Trinajstić information content (AvgIpc) is 2.28. The van der Waals surface area contributed by atoms with Crippen molar-refractivity contribution in [2.75, 3.05) is 0 Å². The average molecular weight is 239 g/mol. The summed E-state index contributed by atoms with van der Waals surface area (Å²) in [5.74, 6) is -1.84. The van der Waals surface area contributed by atoms with E-state index in [4.69, 9.17) is 0 Å². The molecule has 0 saturated carbocycles. The molecule has 1 heterocycles. The minimum absolute atomic E-state index is 0.231. The number of hydrogen-bond donors (Lipinski definition) is 0. The summed E-state index contributed by atoms with van der Waals surface area (Å²) in [6, 6.07) is 5.63. The van der Waals surface area contributed by atoms with Crippen LogP contribution in [0, 0.1) is 6.92 Å². The molecular weight excluding hydrogens is 231 g/mol. The minimum atomic E-state index is -4.86. The molecule has 0 radical (unpaired) electrons. The van der Waals surface area contributed by atoms with Crippen LogP contribution in [0.25, 0.3) is 10.9 Å². The van der Waals surface area contributed by atoms with Crippen molar-refractivity contribution in [2.45, 2.75) is 13.1 Å². The van der Waals surface area contributed by atoms with Gasteiger partial charge in [-0.1, -0.05) is 18.2 Å². The molecule has 0 unspecified atom stereocenters. The number of pyridine rings is 1. The highest BCUT2D eigenvalue weighted by Crippen LogP contribution is 2.27. The summed E-state index contributed by atoms with van der Waals surface area (Å²) in [5, 5.41) is 0.231. The summed E-state index contributed by atoms with van der Waals surface area (Å²) in [6.07, 6.45) is -3.38. The lowest BCUT2D eigenvalue weighted by Crippen LogP contribution is -2.23. The number of halogens is 3. The summed E-state index contributed by atoms with van der Waals surface area (Å²) in [5.41, 5.74) is 0.799. The van der Waals surface area contributed by atoms with Crippen LogP contribution < -0.4 is 0 Å². The molecule has 1 aromatic heterocycles. The second-order valence-corrected chi connectivity index (χ2v) is 3.66. The Morgan fingerprint density at radius 3 is 2.59 bits per heavy atom. The van der Waals surface area contributed by atoms with Gasteiger partial charge in [0.1, 0.15) is 0 Å². The first-order valence-electron chi connectivity index (χ1n) is 4.87. The number of ketones is 1. The smallest absolute Gasteiger partial charge is 0.284 e. The van der Waals surface area contributed by atoms with Crippen LogP contribution >= 0.6 is 0 Å². The number of nitrogens with zero attached hydrogens (tertiary/aromatic N) is 1. The molecule has 0 amide bonds. The van der Waals surface area contributed by atoms with E-state index >= 15 is 0 Å². The van der Waals surface area contributed by atoms with E-state index in [1.807, 2.05) is 0 Å². The van der Waals surface area contributed by atoms with Crippen LogP contribution in [0.5, 0.6) is 0 Å². The molecule has 2 aromatic rings. The quantitative estimate of drug-likeness (QED) is 0.715. The number of alkyl halides is 3. The summed E-state index contributed by atoms with van der Waals surface area (Å²) in [7, 11) is 0. The second kappa shape index (κ2) is 3.84. The van der Waals surface area contributed by atoms with Gasteiger partial charge >= 0.3 is 6.18 Å². The van der Waals surface area contributed by atoms with E-state index in [1.165, 1.54) is 30.5 Å². The maximum atomic E-state index is 12.4. The van der Waals surface area contributed by atoms with E-state index in [9.17, 15) is 18.0 Å². The van der Waals surface area contributed by atoms with Gasteiger partial charge < -0.3 is 0 Å². The van der Waals surface area contributed by atoms with E-state index < -0.39 is 12.0 Å². The zero-order chi connectivity index (χ0) is 12.6. The largest absolute Gasteiger partial charge is 0.454 e. The highest BCUT2D eigenvalue weighted by Gasteiger charge is 2.40. The lowest BCUT2D eigenvalue weighted by Gasteiger charge is -2.09. The van der Waals surface area contributed by atoms with Crippen LogP contribution in [0.2, 0.25) is 0 Å². The number of benzene rings is 1. The first-order chi connectivity index (χ1) is 7.91. The van der Waals surface area contributed by atoms with Gasteiger partial charge in [-0.2, -0.15) is 13.2 Å². The van der Waals surface area contributed by atoms with Crippen LogP contribution in [-0.2, 0) is 0 Å². The van der Waals surface area contributed by atoms with E-state index in [0.717, 1.165) is 5.56 Å². The van der Waals surface area contributed by atoms with Crippen LogP contribution in [-0.4, -0.2) is 16.9 Å². The highest BCUT2D eigenvalue weighted by atomic mass is 19.4. The van der Waals surface area contributed by atoms with Gasteiger partial charge in [0, 0.05) is 17.1 Å². The Morgan fingerprint density at radius 1 is 1.24 bits per heavy atom. The Kier molecular flexibility index (Phi) is 2.61. The molecule has 17 heavy (non-hydrogen) atoms. The molecule has 0 aliphatic rings. The molecule has 1 aromatic carbocycles. The molecule has 0 aliphatic carbocycles. The molecule has 88 valence electrons. The standard InChI is InChI=1S/C12H8F3NO/c1-7-4-5-9(11(17)12(13,14)15)8-3-2-6-16-10(7)8/h2-6H,1H3. The minimum Gasteiger partial charge on any atom is -0.284 e. The van der Waals surface area contributed by atoms with Crippen molar-refractivity contribution in [1.29, 1.82) is 0 Å². The van der Waals surface area contributed by atoms with Crippen molar-refractivity contribution >= 4 is 16.7 Å². The lowest BCUT2D eigenvalue weighted by atomic mass is 10.0. The first kappa shape index (κ1) is 11.6. The number of aryl methyl sites for hydroxylation is 1. The van der Waals surface area contributed by atoms with Gasteiger partial charge in [-0.3, -0.25) is 9.78 Å². The number of rotatable bonds is 1. The molecule has 0 saturated heterocycles. The Morgan fingerprint density at radius 2 is 1.94 bits per heavy atom. The van der Waals surface area contributed by atoms with Crippen molar-refractivity contribution in [3.8, 4) is 0 Å². The predicted octanol–water partition coefficient (Wildman–Crippen LogP) is 3.29. The number of Topliss-reactive ketones (excluding diaryl/α,β-unsaturated/α-hetero) is 1. The number of hydrogen-bond acceptors (Lipinski definition) is 2. The van der Waals surface area contributed by atoms with Crippen molar-refractivity contribution in [3.05, 3.63) is 41.6 Å². The third-order valence-corrected chi connectivity index (χ3v) is 2.47. The van der Waals surface area contributed by atoms with E-state index in [2.05, 4.69) is 4.98 Å². The molecule has 5 heteroatoms. The van der Waals surface area contributed by atoms with E-state index in [0.29, 0.717) is 5.52 Å². The molecule has 2 rings (SSSR count). The van der Waals surface area contributed by atoms with Crippen molar-refractivity contribution < 1.29 is 18.0 Å². The summed E-state index contributed by atoms with van der Waals surface area (Å²) < 4.78 is 37.2. The molecule has 0 bridgehead atoms. The normalized spacial score (nSPS) is 11.8. The first-order valence-corrected chi connectivity index (χ1v) is 4.87. The molecule has 0 aliphatic heterocycles. The van der Waals surface area contributed by atoms with E-state index in [1.54, 1.807) is 6.92 Å². The lowest BCUT2D eigenvalue weighted by molar-refractivity contribution is -0.0884. The van der Waals surface area contributed by atoms with Crippen LogP contribution in [0.4, 0.5) is 13.2 Å². The zero-order valence-corrected chi connectivity index (χ0v) is 8.88. The Balaban J connectivity index is 2.72. The molecular formula is C12H8F3NO. The van der Waals surface area contributed by atoms with Gasteiger partial charge in [-0.15, -0.1) is 0 Å². The molecule has 2 nitrogen and oxygen atoms in total. The van der Waals surface area contributed by atoms with Crippen molar-refractivity contribution in [3.63, 3.8) is 0 Å². The SMILES string of the molecule is Cc1ccc(C(=O)C(F)(F)F)c2cccnc12. The van der Waals surface area contributed by atoms with Gasteiger partial charge in [0.25, 0.3) is 5.78 Å². The van der Waals surface area contributed by atoms with Gasteiger partial charge in [-0.25, -0.2) is 0 Å². The summed E-state index contributed by atoms with van der Waals surface area (Å²) >= 11 is 0. The Hall–Kier alpha value is -1.91. The zero-order valence-electron chi connectivity index (χ0n) is 8.88. The summed E-state index contributed by atoms with van der Waals surface area (Å²) in [6.45, 7) is 1.73. The van der Waals surface area contributed by atoms with E-state index in [-0.39, 0.29) is 10.9 Å². The van der Waals surface area contributed by atoms with Gasteiger partial charge in [0.15, 0.2) is 0 Å². The molecule has 0 spiro atoms. The summed E-state index contributed by atoms with van der Waals surface area (Å²) in [4.78, 5) is 15.2. The second-order valence-electron chi connectivity index (χ2n) is 3.66. The number of carbonyl (C=O) groups is 1. The number of aromatic nitrogens is 1. The number of carbonyl (C=O) groups excluding carboxylic acids is 1. The van der Waals surface area contributed by atoms with Crippen molar-refractivity contribution in [2.24, 2.45) is 0 Å². The van der Waals surface area contributed by atoms with Crippen molar-refractivity contribution in [1.82, 2.24) is 4.98 Å². The fraction of sp³-hybridized carbons (Fsp3) is 0.167.